The average molecular weight is 438 g/mol. The first kappa shape index (κ1) is 25.0. The minimum absolute atomic E-state index is 0.192. The predicted molar refractivity (Wildman–Crippen MR) is 134 cm³/mol. The molecule has 4 unspecified atom stereocenters. The van der Waals surface area contributed by atoms with Crippen molar-refractivity contribution in [1.29, 1.82) is 0 Å². The maximum absolute atomic E-state index is 6.74. The first-order valence-corrected chi connectivity index (χ1v) is 13.0. The van der Waals surface area contributed by atoms with Gasteiger partial charge in [-0.25, -0.2) is 0 Å². The van der Waals surface area contributed by atoms with Gasteiger partial charge in [-0.05, 0) is 41.5 Å². The molecule has 3 nitrogen and oxygen atoms in total. The highest BCUT2D eigenvalue weighted by atomic mass is 16.5. The molecule has 0 amide bonds. The summed E-state index contributed by atoms with van der Waals surface area (Å²) in [5, 5.41) is 0. The molecule has 0 aromatic heterocycles. The molecule has 0 saturated carbocycles. The molecule has 4 atom stereocenters. The lowest BCUT2D eigenvalue weighted by molar-refractivity contribution is -0.0530. The minimum Gasteiger partial charge on any atom is -0.376 e. The van der Waals surface area contributed by atoms with Gasteiger partial charge in [0.15, 0.2) is 0 Å². The van der Waals surface area contributed by atoms with Gasteiger partial charge in [0, 0.05) is 25.6 Å². The summed E-state index contributed by atoms with van der Waals surface area (Å²) in [6, 6.07) is 17.9. The van der Waals surface area contributed by atoms with Crippen LogP contribution >= 0.6 is 0 Å². The van der Waals surface area contributed by atoms with Gasteiger partial charge >= 0.3 is 0 Å². The van der Waals surface area contributed by atoms with E-state index >= 15 is 0 Å². The van der Waals surface area contributed by atoms with E-state index in [9.17, 15) is 0 Å². The van der Waals surface area contributed by atoms with Crippen molar-refractivity contribution in [1.82, 2.24) is 4.90 Å². The second kappa shape index (κ2) is 12.5. The zero-order valence-electron chi connectivity index (χ0n) is 20.8. The molecule has 176 valence electrons. The van der Waals surface area contributed by atoms with Crippen LogP contribution in [-0.2, 0) is 15.9 Å². The third-order valence-electron chi connectivity index (χ3n) is 6.71. The third-order valence-corrected chi connectivity index (χ3v) is 6.71. The van der Waals surface area contributed by atoms with Gasteiger partial charge in [-0.2, -0.15) is 0 Å². The van der Waals surface area contributed by atoms with E-state index in [1.165, 1.54) is 28.7 Å². The van der Waals surface area contributed by atoms with Crippen molar-refractivity contribution in [2.24, 2.45) is 0 Å². The fourth-order valence-corrected chi connectivity index (χ4v) is 5.43. The van der Waals surface area contributed by atoms with Crippen molar-refractivity contribution in [3.8, 4) is 0 Å². The largest absolute Gasteiger partial charge is 0.376 e. The Morgan fingerprint density at radius 2 is 1.53 bits per heavy atom. The fourth-order valence-electron chi connectivity index (χ4n) is 5.43. The number of hydrogen-bond donors (Lipinski definition) is 0. The quantitative estimate of drug-likeness (QED) is 0.527. The van der Waals surface area contributed by atoms with Crippen LogP contribution < -0.4 is 0 Å². The lowest BCUT2D eigenvalue weighted by Gasteiger charge is -2.34. The summed E-state index contributed by atoms with van der Waals surface area (Å²) in [5.74, 6) is 0.470. The fraction of sp³-hybridized carbons (Fsp3) is 0.586. The van der Waals surface area contributed by atoms with E-state index in [0.29, 0.717) is 18.1 Å². The highest BCUT2D eigenvalue weighted by Gasteiger charge is 2.41. The minimum atomic E-state index is 0.192. The summed E-state index contributed by atoms with van der Waals surface area (Å²) < 4.78 is 12.7. The van der Waals surface area contributed by atoms with Crippen molar-refractivity contribution in [2.75, 3.05) is 26.2 Å². The Hall–Kier alpha value is -1.68. The van der Waals surface area contributed by atoms with E-state index in [2.05, 4.69) is 60.4 Å². The Morgan fingerprint density at radius 1 is 0.875 bits per heavy atom. The van der Waals surface area contributed by atoms with Crippen LogP contribution in [-0.4, -0.2) is 43.3 Å². The van der Waals surface area contributed by atoms with Crippen LogP contribution in [0.2, 0.25) is 0 Å². The first-order valence-electron chi connectivity index (χ1n) is 13.0. The summed E-state index contributed by atoms with van der Waals surface area (Å²) in [4.78, 5) is 2.57. The van der Waals surface area contributed by atoms with Crippen LogP contribution in [0.15, 0.2) is 48.5 Å². The van der Waals surface area contributed by atoms with Gasteiger partial charge in [0.2, 0.25) is 0 Å². The Morgan fingerprint density at radius 3 is 2.25 bits per heavy atom. The van der Waals surface area contributed by atoms with Gasteiger partial charge in [-0.1, -0.05) is 89.6 Å². The van der Waals surface area contributed by atoms with Crippen LogP contribution in [0.25, 0.3) is 0 Å². The summed E-state index contributed by atoms with van der Waals surface area (Å²) in [6.07, 6.45) is 5.38. The number of rotatable bonds is 4. The molecule has 0 N–H and O–H groups in total. The van der Waals surface area contributed by atoms with Gasteiger partial charge < -0.3 is 9.47 Å². The molecule has 2 aliphatic heterocycles. The molecular weight excluding hydrogens is 394 g/mol. The molecule has 5 rings (SSSR count). The van der Waals surface area contributed by atoms with E-state index in [-0.39, 0.29) is 6.10 Å². The molecule has 2 heterocycles. The number of fused-ring (bicyclic) bond motifs is 5. The lowest BCUT2D eigenvalue weighted by Crippen LogP contribution is -2.45. The molecule has 1 aliphatic carbocycles. The van der Waals surface area contributed by atoms with Crippen LogP contribution in [0.1, 0.15) is 88.2 Å². The monoisotopic (exact) mass is 437 g/mol. The summed E-state index contributed by atoms with van der Waals surface area (Å²) in [5.41, 5.74) is 5.80. The third kappa shape index (κ3) is 5.62. The molecule has 3 heteroatoms. The van der Waals surface area contributed by atoms with E-state index < -0.39 is 0 Å². The molecule has 2 fully saturated rings. The second-order valence-corrected chi connectivity index (χ2v) is 8.64. The Bertz CT molecular complexity index is 765. The average Bonchev–Trinajstić information content (AvgIpc) is 3.21. The van der Waals surface area contributed by atoms with Gasteiger partial charge in [0.1, 0.15) is 0 Å². The van der Waals surface area contributed by atoms with Crippen LogP contribution in [0.5, 0.6) is 0 Å². The standard InChI is InChI=1S/C25H31NO2.2C2H6/c1-2-7-20-16-26(12-13-27-20)17-21-15-24-22-10-5-3-8-18(22)14-19-9-4-6-11-23(19)25(24)28-21;2*1-2/h3-6,8-11,20-21,24-25H,2,7,12-17H2,1H3;2*1-2H3. The second-order valence-electron chi connectivity index (χ2n) is 8.64. The molecule has 0 radical (unpaired) electrons. The summed E-state index contributed by atoms with van der Waals surface area (Å²) >= 11 is 0. The maximum atomic E-state index is 6.74. The highest BCUT2D eigenvalue weighted by molar-refractivity contribution is 5.45. The number of hydrogen-bond acceptors (Lipinski definition) is 3. The number of nitrogens with zero attached hydrogens (tertiary/aromatic N) is 1. The van der Waals surface area contributed by atoms with Crippen molar-refractivity contribution >= 4 is 0 Å². The van der Waals surface area contributed by atoms with Crippen LogP contribution in [0.3, 0.4) is 0 Å². The van der Waals surface area contributed by atoms with Gasteiger partial charge in [-0.15, -0.1) is 0 Å². The Labute approximate surface area is 196 Å². The van der Waals surface area contributed by atoms with Gasteiger partial charge in [-0.3, -0.25) is 4.90 Å². The van der Waals surface area contributed by atoms with E-state index in [1.54, 1.807) is 0 Å². The topological polar surface area (TPSA) is 21.7 Å². The molecule has 2 saturated heterocycles. The van der Waals surface area contributed by atoms with Crippen LogP contribution in [0, 0.1) is 0 Å². The Kier molecular flexibility index (Phi) is 9.77. The number of benzene rings is 2. The lowest BCUT2D eigenvalue weighted by atomic mass is 9.87. The van der Waals surface area contributed by atoms with Crippen molar-refractivity contribution in [3.05, 3.63) is 70.8 Å². The molecule has 2 aromatic rings. The number of ether oxygens (including phenoxy) is 2. The van der Waals surface area contributed by atoms with Crippen molar-refractivity contribution in [2.45, 2.75) is 84.5 Å². The Balaban J connectivity index is 0.000000686. The van der Waals surface area contributed by atoms with E-state index in [4.69, 9.17) is 9.47 Å². The SMILES string of the molecule is CC.CC.CCCC1CN(CC2CC3c4ccccc4Cc4ccccc4C3O2)CCO1. The molecule has 0 spiro atoms. The van der Waals surface area contributed by atoms with Gasteiger partial charge in [0.05, 0.1) is 24.9 Å². The molecule has 2 aromatic carbocycles. The zero-order valence-corrected chi connectivity index (χ0v) is 20.8. The zero-order chi connectivity index (χ0) is 22.9. The molecule has 3 aliphatic rings. The van der Waals surface area contributed by atoms with E-state index in [0.717, 1.165) is 45.5 Å². The molecule has 0 bridgehead atoms. The van der Waals surface area contributed by atoms with E-state index in [1.807, 2.05) is 27.7 Å². The maximum Gasteiger partial charge on any atom is 0.0901 e. The first-order chi connectivity index (χ1) is 15.8. The van der Waals surface area contributed by atoms with Crippen LogP contribution in [0.4, 0.5) is 0 Å². The van der Waals surface area contributed by atoms with Crippen molar-refractivity contribution in [3.63, 3.8) is 0 Å². The molecular formula is C29H43NO2. The number of morpholine rings is 1. The smallest absolute Gasteiger partial charge is 0.0901 e. The van der Waals surface area contributed by atoms with Gasteiger partial charge in [0.25, 0.3) is 0 Å². The predicted octanol–water partition coefficient (Wildman–Crippen LogP) is 6.76. The summed E-state index contributed by atoms with van der Waals surface area (Å²) in [6.45, 7) is 14.2. The molecule has 32 heavy (non-hydrogen) atoms. The summed E-state index contributed by atoms with van der Waals surface area (Å²) in [7, 11) is 0. The normalized spacial score (nSPS) is 26.3. The highest BCUT2D eigenvalue weighted by Crippen LogP contribution is 2.49. The van der Waals surface area contributed by atoms with Crippen molar-refractivity contribution < 1.29 is 9.47 Å².